The first kappa shape index (κ1) is 39.3. The van der Waals surface area contributed by atoms with Gasteiger partial charge in [-0.1, -0.05) is 29.8 Å². The molecule has 5 heterocycles. The van der Waals surface area contributed by atoms with Crippen LogP contribution in [0, 0.1) is 12.9 Å². The maximum atomic E-state index is 16.9. The number of thiophene rings is 1. The largest absolute Gasteiger partial charge is 0.491 e. The first-order valence-electron chi connectivity index (χ1n) is 19.1. The Morgan fingerprint density at radius 2 is 1.78 bits per heavy atom. The van der Waals surface area contributed by atoms with Gasteiger partial charge in [0.1, 0.15) is 48.1 Å². The molecule has 0 N–H and O–H groups in total. The Balaban J connectivity index is 1.25. The number of likely N-dealkylation sites (N-methyl/N-ethyl adjacent to an activating group) is 1. The fourth-order valence-corrected chi connectivity index (χ4v) is 7.91. The topological polar surface area (TPSA) is 108 Å². The van der Waals surface area contributed by atoms with Gasteiger partial charge in [-0.15, -0.1) is 11.3 Å². The third-order valence-electron chi connectivity index (χ3n) is 9.62. The van der Waals surface area contributed by atoms with Gasteiger partial charge in [0.25, 0.3) is 6.01 Å². The number of hydrogen-bond donors (Lipinski definition) is 0. The maximum Gasteiger partial charge on any atom is 0.408 e. The van der Waals surface area contributed by atoms with E-state index in [1.54, 1.807) is 19.1 Å². The van der Waals surface area contributed by atoms with Crippen LogP contribution in [-0.4, -0.2) is 94.0 Å². The zero-order valence-corrected chi connectivity index (χ0v) is 33.2. The van der Waals surface area contributed by atoms with Crippen molar-refractivity contribution in [2.45, 2.75) is 45.2 Å². The van der Waals surface area contributed by atoms with Crippen LogP contribution >= 0.6 is 22.9 Å². The zero-order valence-electron chi connectivity index (χ0n) is 33.7. The highest BCUT2D eigenvalue weighted by Crippen LogP contribution is 2.50. The monoisotopic (exact) mass is 864 g/mol. The number of hydrogen-bond acceptors (Lipinski definition) is 11. The van der Waals surface area contributed by atoms with E-state index in [2.05, 4.69) is 31.9 Å². The number of ketones is 1. The normalized spacial score (nSPS) is 15.6. The average Bonchev–Trinajstić information content (AvgIpc) is 3.94. The summed E-state index contributed by atoms with van der Waals surface area (Å²) in [5, 5.41) is 3.82. The molecule has 7 rings (SSSR count). The van der Waals surface area contributed by atoms with Crippen LogP contribution in [0.2, 0.25) is 5.02 Å². The van der Waals surface area contributed by atoms with Crippen LogP contribution in [0.25, 0.3) is 32.0 Å². The molecular weight excluding hydrogens is 826 g/mol. The van der Waals surface area contributed by atoms with Crippen molar-refractivity contribution >= 4 is 38.9 Å². The molecule has 11 nitrogen and oxygen atoms in total. The van der Waals surface area contributed by atoms with Crippen molar-refractivity contribution in [1.29, 1.82) is 0 Å². The molecule has 1 saturated heterocycles. The Morgan fingerprint density at radius 1 is 1.02 bits per heavy atom. The van der Waals surface area contributed by atoms with Gasteiger partial charge in [0.15, 0.2) is 5.78 Å². The van der Waals surface area contributed by atoms with Crippen LogP contribution in [0.3, 0.4) is 0 Å². The van der Waals surface area contributed by atoms with Gasteiger partial charge in [-0.3, -0.25) is 14.4 Å². The van der Waals surface area contributed by atoms with Crippen LogP contribution in [0.1, 0.15) is 26.5 Å². The molecule has 312 valence electrons. The summed E-state index contributed by atoms with van der Waals surface area (Å²) in [7, 11) is 2.07. The first-order valence-corrected chi connectivity index (χ1v) is 19.3. The molecule has 1 aliphatic rings. The predicted octanol–water partition coefficient (Wildman–Crippen LogP) is 8.81. The van der Waals surface area contributed by atoms with Crippen molar-refractivity contribution in [3.63, 3.8) is 0 Å². The molecule has 1 aliphatic heterocycles. The fraction of sp³-hybridized carbons (Fsp3) is 0.350. The lowest BCUT2D eigenvalue weighted by Crippen LogP contribution is -2.45. The second-order valence-corrected chi connectivity index (χ2v) is 15.1. The van der Waals surface area contributed by atoms with Gasteiger partial charge in [0, 0.05) is 50.6 Å². The number of alkyl halides is 5. The minimum absolute atomic E-state index is 0.0584. The number of halogens is 7. The highest BCUT2D eigenvalue weighted by Gasteiger charge is 2.49. The third-order valence-corrected chi connectivity index (χ3v) is 11.2. The van der Waals surface area contributed by atoms with Crippen molar-refractivity contribution < 1.29 is 52.5 Å². The van der Waals surface area contributed by atoms with E-state index in [-0.39, 0.29) is 26.6 Å². The Kier molecular flexibility index (Phi) is 11.5. The number of fused-ring (bicyclic) bond motifs is 1. The number of para-hydroxylation sites is 1. The summed E-state index contributed by atoms with van der Waals surface area (Å²) < 4.78 is 128. The summed E-state index contributed by atoms with van der Waals surface area (Å²) >= 11 is 7.92. The van der Waals surface area contributed by atoms with Crippen molar-refractivity contribution in [2.24, 2.45) is 0 Å². The van der Waals surface area contributed by atoms with Crippen LogP contribution in [-0.2, 0) is 23.8 Å². The Bertz CT molecular complexity index is 2540. The first-order chi connectivity index (χ1) is 28.8. The van der Waals surface area contributed by atoms with E-state index in [9.17, 15) is 22.4 Å². The lowest BCUT2D eigenvalue weighted by molar-refractivity contribution is -0.148. The standard InChI is InChI=1S/C40H37ClF6N6O5S/c1-23-26(8-9-29(34(23)41)55-19-18-52-16-14-51(3)15-17-52)32-33-37(48-22-49-38(33)59-35(32)30-10-11-31(42)57-30)58-36(24(2)54)40(46,47)27-6-4-5-7-28(27)56-20-25-12-13-50-53(25)21-39(43,44)45/h4-13,22,36H,14-21H2,1-3H3/i20D2. The smallest absolute Gasteiger partial charge is 0.408 e. The van der Waals surface area contributed by atoms with Crippen molar-refractivity contribution in [3.8, 4) is 39.1 Å². The zero-order chi connectivity index (χ0) is 43.9. The van der Waals surface area contributed by atoms with Gasteiger partial charge in [-0.2, -0.15) is 31.4 Å². The molecule has 0 radical (unpaired) electrons. The minimum Gasteiger partial charge on any atom is -0.491 e. The number of furan rings is 1. The summed E-state index contributed by atoms with van der Waals surface area (Å²) in [6.45, 7) is 2.48. The summed E-state index contributed by atoms with van der Waals surface area (Å²) in [6.07, 6.45) is -5.47. The molecule has 0 bridgehead atoms. The van der Waals surface area contributed by atoms with E-state index >= 15 is 8.78 Å². The summed E-state index contributed by atoms with van der Waals surface area (Å²) in [4.78, 5) is 26.7. The molecule has 6 aromatic rings. The second-order valence-electron chi connectivity index (χ2n) is 13.7. The number of carbonyl (C=O) groups is 1. The molecule has 1 atom stereocenters. The van der Waals surface area contributed by atoms with E-state index in [0.717, 1.165) is 81.2 Å². The molecule has 59 heavy (non-hydrogen) atoms. The molecule has 19 heteroatoms. The number of piperazine rings is 1. The van der Waals surface area contributed by atoms with Crippen LogP contribution in [0.5, 0.6) is 17.4 Å². The van der Waals surface area contributed by atoms with E-state index in [0.29, 0.717) is 39.6 Å². The molecule has 0 amide bonds. The lowest BCUT2D eigenvalue weighted by atomic mass is 9.97. The molecule has 2 aromatic carbocycles. The summed E-state index contributed by atoms with van der Waals surface area (Å²) in [5.74, 6) is -6.28. The molecule has 0 spiro atoms. The number of Topliss-reactive ketones (excluding diaryl/α,β-unsaturated/α-hetero) is 1. The van der Waals surface area contributed by atoms with Crippen molar-refractivity contribution in [2.75, 3.05) is 46.4 Å². The number of aromatic nitrogens is 4. The van der Waals surface area contributed by atoms with Gasteiger partial charge >= 0.3 is 12.1 Å². The number of benzene rings is 2. The van der Waals surface area contributed by atoms with Crippen LogP contribution < -0.4 is 14.2 Å². The highest BCUT2D eigenvalue weighted by atomic mass is 35.5. The number of carbonyl (C=O) groups excluding carboxylic acids is 1. The molecule has 0 saturated carbocycles. The SMILES string of the molecule is [2H]C([2H])(Oc1ccccc1C(F)(F)C(Oc1ncnc2sc(-c3ccc(F)o3)c(-c3ccc(OCCN4CCN(C)CC4)c(Cl)c3C)c12)C(C)=O)c1ccnn1CC(F)(F)F. The maximum absolute atomic E-state index is 16.9. The Hall–Kier alpha value is -5.17. The third kappa shape index (κ3) is 9.20. The highest BCUT2D eigenvalue weighted by molar-refractivity contribution is 7.22. The Labute approximate surface area is 345 Å². The minimum atomic E-state index is -4.79. The van der Waals surface area contributed by atoms with Gasteiger partial charge < -0.3 is 23.5 Å². The average molecular weight is 865 g/mol. The van der Waals surface area contributed by atoms with Gasteiger partial charge in [-0.25, -0.2) is 9.97 Å². The van der Waals surface area contributed by atoms with E-state index in [4.69, 9.17) is 33.0 Å². The van der Waals surface area contributed by atoms with Gasteiger partial charge in [0.2, 0.25) is 12.0 Å². The Morgan fingerprint density at radius 3 is 2.49 bits per heavy atom. The molecule has 1 unspecified atom stereocenters. The number of rotatable bonds is 15. The van der Waals surface area contributed by atoms with Crippen LogP contribution in [0.4, 0.5) is 26.3 Å². The second kappa shape index (κ2) is 17.2. The van der Waals surface area contributed by atoms with Gasteiger partial charge in [0.05, 0.1) is 29.3 Å². The van der Waals surface area contributed by atoms with Crippen LogP contribution in [0.15, 0.2) is 71.5 Å². The molecule has 4 aromatic heterocycles. The molecule has 1 fully saturated rings. The molecular formula is C40H37ClF6N6O5S. The van der Waals surface area contributed by atoms with Gasteiger partial charge in [-0.05, 0) is 62.4 Å². The van der Waals surface area contributed by atoms with E-state index in [1.165, 1.54) is 18.2 Å². The van der Waals surface area contributed by atoms with Crippen molar-refractivity contribution in [3.05, 3.63) is 95.0 Å². The lowest BCUT2D eigenvalue weighted by Gasteiger charge is -2.32. The van der Waals surface area contributed by atoms with E-state index < -0.39 is 66.0 Å². The quantitative estimate of drug-likeness (QED) is 0.0930. The summed E-state index contributed by atoms with van der Waals surface area (Å²) in [6, 6.07) is 10.1. The fourth-order valence-electron chi connectivity index (χ4n) is 6.58. The number of ether oxygens (including phenoxy) is 3. The predicted molar refractivity (Wildman–Crippen MR) is 208 cm³/mol. The number of nitrogens with zero attached hydrogens (tertiary/aromatic N) is 6. The molecule has 0 aliphatic carbocycles. The summed E-state index contributed by atoms with van der Waals surface area (Å²) in [5.41, 5.74) is -0.526. The van der Waals surface area contributed by atoms with Crippen molar-refractivity contribution in [1.82, 2.24) is 29.5 Å². The van der Waals surface area contributed by atoms with E-state index in [1.807, 2.05) is 0 Å².